The molecule has 0 aliphatic carbocycles. The Labute approximate surface area is 71.3 Å². The standard InChI is InChI=1S/C8H21NOSi/c1-7(9)8(2,3)10-11(4,5)6/h7H,9H2,1-6H3/t7-/m1/s1. The number of hydrogen-bond donors (Lipinski definition) is 1. The van der Waals surface area contributed by atoms with Crippen molar-refractivity contribution in [2.75, 3.05) is 0 Å². The molecule has 0 amide bonds. The van der Waals surface area contributed by atoms with Crippen LogP contribution in [0.5, 0.6) is 0 Å². The highest BCUT2D eigenvalue weighted by atomic mass is 28.4. The molecule has 0 rings (SSSR count). The molecule has 2 N–H and O–H groups in total. The Morgan fingerprint density at radius 1 is 1.27 bits per heavy atom. The van der Waals surface area contributed by atoms with E-state index in [1.807, 2.05) is 6.92 Å². The van der Waals surface area contributed by atoms with Gasteiger partial charge in [0.1, 0.15) is 0 Å². The van der Waals surface area contributed by atoms with E-state index in [1.165, 1.54) is 0 Å². The Morgan fingerprint density at radius 2 is 1.64 bits per heavy atom. The highest BCUT2D eigenvalue weighted by molar-refractivity contribution is 6.69. The van der Waals surface area contributed by atoms with Gasteiger partial charge >= 0.3 is 0 Å². The van der Waals surface area contributed by atoms with Crippen molar-refractivity contribution >= 4 is 8.32 Å². The molecule has 0 aromatic carbocycles. The summed E-state index contributed by atoms with van der Waals surface area (Å²) < 4.78 is 5.90. The second-order valence-corrected chi connectivity index (χ2v) is 9.04. The van der Waals surface area contributed by atoms with Crippen LogP contribution in [0.4, 0.5) is 0 Å². The number of rotatable bonds is 3. The summed E-state index contributed by atoms with van der Waals surface area (Å²) >= 11 is 0. The zero-order valence-corrected chi connectivity index (χ0v) is 9.56. The summed E-state index contributed by atoms with van der Waals surface area (Å²) in [5.74, 6) is 0. The van der Waals surface area contributed by atoms with Gasteiger partial charge in [-0.25, -0.2) is 0 Å². The van der Waals surface area contributed by atoms with Crippen LogP contribution in [-0.4, -0.2) is 20.0 Å². The fourth-order valence-corrected chi connectivity index (χ4v) is 2.65. The van der Waals surface area contributed by atoms with Crippen molar-refractivity contribution in [2.24, 2.45) is 5.73 Å². The third kappa shape index (κ3) is 4.56. The Morgan fingerprint density at radius 3 is 1.73 bits per heavy atom. The Bertz CT molecular complexity index is 127. The first-order valence-electron chi connectivity index (χ1n) is 4.11. The minimum absolute atomic E-state index is 0.0919. The summed E-state index contributed by atoms with van der Waals surface area (Å²) in [6.07, 6.45) is 0. The Balaban J connectivity index is 4.13. The molecule has 0 saturated carbocycles. The van der Waals surface area contributed by atoms with Gasteiger partial charge in [0.15, 0.2) is 8.32 Å². The van der Waals surface area contributed by atoms with Gasteiger partial charge < -0.3 is 10.2 Å². The van der Waals surface area contributed by atoms with Gasteiger partial charge in [0, 0.05) is 6.04 Å². The molecule has 0 unspecified atom stereocenters. The van der Waals surface area contributed by atoms with E-state index in [4.69, 9.17) is 10.2 Å². The maximum atomic E-state index is 5.90. The zero-order chi connectivity index (χ0) is 9.28. The summed E-state index contributed by atoms with van der Waals surface area (Å²) in [5, 5.41) is 0. The van der Waals surface area contributed by atoms with Gasteiger partial charge in [-0.2, -0.15) is 0 Å². The molecule has 1 atom stereocenters. The molecule has 3 heteroatoms. The van der Waals surface area contributed by atoms with Crippen LogP contribution in [0.3, 0.4) is 0 Å². The van der Waals surface area contributed by atoms with Gasteiger partial charge in [0.05, 0.1) is 5.60 Å². The zero-order valence-electron chi connectivity index (χ0n) is 8.56. The lowest BCUT2D eigenvalue weighted by atomic mass is 10.0. The van der Waals surface area contributed by atoms with Crippen LogP contribution in [-0.2, 0) is 4.43 Å². The van der Waals surface area contributed by atoms with Crippen molar-refractivity contribution in [1.82, 2.24) is 0 Å². The van der Waals surface area contributed by atoms with Crippen LogP contribution >= 0.6 is 0 Å². The fourth-order valence-electron chi connectivity index (χ4n) is 0.882. The van der Waals surface area contributed by atoms with Crippen molar-refractivity contribution in [3.63, 3.8) is 0 Å². The molecule has 0 saturated heterocycles. The largest absolute Gasteiger partial charge is 0.411 e. The molecule has 0 aliphatic heterocycles. The molecule has 0 aromatic heterocycles. The maximum absolute atomic E-state index is 5.90. The molecule has 0 bridgehead atoms. The summed E-state index contributed by atoms with van der Waals surface area (Å²) in [5.41, 5.74) is 5.60. The molecule has 68 valence electrons. The van der Waals surface area contributed by atoms with Crippen molar-refractivity contribution in [3.05, 3.63) is 0 Å². The van der Waals surface area contributed by atoms with E-state index < -0.39 is 8.32 Å². The minimum Gasteiger partial charge on any atom is -0.411 e. The molecule has 0 aromatic rings. The van der Waals surface area contributed by atoms with Gasteiger partial charge in [-0.3, -0.25) is 0 Å². The lowest BCUT2D eigenvalue weighted by Gasteiger charge is -2.36. The molecule has 0 radical (unpaired) electrons. The van der Waals surface area contributed by atoms with Crippen molar-refractivity contribution in [1.29, 1.82) is 0 Å². The lowest BCUT2D eigenvalue weighted by Crippen LogP contribution is -2.49. The van der Waals surface area contributed by atoms with Crippen LogP contribution in [0.1, 0.15) is 20.8 Å². The predicted molar refractivity (Wildman–Crippen MR) is 52.2 cm³/mol. The highest BCUT2D eigenvalue weighted by Gasteiger charge is 2.30. The Kier molecular flexibility index (Phi) is 3.29. The SMILES string of the molecule is C[C@@H](N)C(C)(C)O[Si](C)(C)C. The second kappa shape index (κ2) is 3.25. The monoisotopic (exact) mass is 175 g/mol. The van der Waals surface area contributed by atoms with Crippen LogP contribution in [0.15, 0.2) is 0 Å². The molecular weight excluding hydrogens is 154 g/mol. The quantitative estimate of drug-likeness (QED) is 0.666. The molecule has 0 fully saturated rings. The van der Waals surface area contributed by atoms with E-state index >= 15 is 0 Å². The Hall–Kier alpha value is 0.137. The van der Waals surface area contributed by atoms with E-state index in [1.54, 1.807) is 0 Å². The van der Waals surface area contributed by atoms with Crippen molar-refractivity contribution in [2.45, 2.75) is 52.1 Å². The van der Waals surface area contributed by atoms with E-state index in [-0.39, 0.29) is 11.6 Å². The molecule has 11 heavy (non-hydrogen) atoms. The number of nitrogens with two attached hydrogens (primary N) is 1. The van der Waals surface area contributed by atoms with Crippen molar-refractivity contribution in [3.8, 4) is 0 Å². The highest BCUT2D eigenvalue weighted by Crippen LogP contribution is 2.19. The van der Waals surface area contributed by atoms with Gasteiger partial charge in [-0.15, -0.1) is 0 Å². The number of hydrogen-bond acceptors (Lipinski definition) is 2. The van der Waals surface area contributed by atoms with Gasteiger partial charge in [0.2, 0.25) is 0 Å². The summed E-state index contributed by atoms with van der Waals surface area (Å²) in [7, 11) is -1.44. The summed E-state index contributed by atoms with van der Waals surface area (Å²) in [4.78, 5) is 0. The van der Waals surface area contributed by atoms with Gasteiger partial charge in [-0.1, -0.05) is 0 Å². The first-order chi connectivity index (χ1) is 4.65. The van der Waals surface area contributed by atoms with Crippen LogP contribution in [0.25, 0.3) is 0 Å². The van der Waals surface area contributed by atoms with Crippen LogP contribution in [0.2, 0.25) is 19.6 Å². The maximum Gasteiger partial charge on any atom is 0.184 e. The van der Waals surface area contributed by atoms with Crippen molar-refractivity contribution < 1.29 is 4.43 Å². The second-order valence-electron chi connectivity index (χ2n) is 4.61. The van der Waals surface area contributed by atoms with E-state index in [9.17, 15) is 0 Å². The average Bonchev–Trinajstić information content (AvgIpc) is 1.56. The van der Waals surface area contributed by atoms with E-state index in [2.05, 4.69) is 33.5 Å². The summed E-state index contributed by atoms with van der Waals surface area (Å²) in [6, 6.07) is 0.0919. The third-order valence-electron chi connectivity index (χ3n) is 1.67. The molecule has 0 spiro atoms. The predicted octanol–water partition coefficient (Wildman–Crippen LogP) is 1.96. The van der Waals surface area contributed by atoms with E-state index in [0.29, 0.717) is 0 Å². The fraction of sp³-hybridized carbons (Fsp3) is 1.00. The first kappa shape index (κ1) is 11.1. The van der Waals surface area contributed by atoms with Gasteiger partial charge in [-0.05, 0) is 40.4 Å². The molecular formula is C8H21NOSi. The normalized spacial score (nSPS) is 16.6. The molecule has 0 heterocycles. The topological polar surface area (TPSA) is 35.2 Å². The molecule has 2 nitrogen and oxygen atoms in total. The minimum atomic E-state index is -1.44. The average molecular weight is 175 g/mol. The van der Waals surface area contributed by atoms with E-state index in [0.717, 1.165) is 0 Å². The summed E-state index contributed by atoms with van der Waals surface area (Å²) in [6.45, 7) is 12.6. The smallest absolute Gasteiger partial charge is 0.184 e. The lowest BCUT2D eigenvalue weighted by molar-refractivity contribution is 0.0780. The first-order valence-corrected chi connectivity index (χ1v) is 7.52. The van der Waals surface area contributed by atoms with Gasteiger partial charge in [0.25, 0.3) is 0 Å². The van der Waals surface area contributed by atoms with Crippen LogP contribution in [0, 0.1) is 0 Å². The van der Waals surface area contributed by atoms with Crippen LogP contribution < -0.4 is 5.73 Å². The third-order valence-corrected chi connectivity index (χ3v) is 2.80. The molecule has 0 aliphatic rings.